The van der Waals surface area contributed by atoms with Gasteiger partial charge < -0.3 is 10.2 Å². The third-order valence-electron chi connectivity index (χ3n) is 3.41. The van der Waals surface area contributed by atoms with Crippen LogP contribution in [-0.2, 0) is 6.54 Å². The van der Waals surface area contributed by atoms with E-state index in [1.165, 1.54) is 35.7 Å². The van der Waals surface area contributed by atoms with Crippen LogP contribution in [0.1, 0.15) is 25.8 Å². The highest BCUT2D eigenvalue weighted by molar-refractivity contribution is 7.99. The average molecular weight is 264 g/mol. The quantitative estimate of drug-likeness (QED) is 0.823. The molecule has 0 spiro atoms. The molecule has 2 rings (SSSR count). The second-order valence-corrected chi connectivity index (χ2v) is 6.07. The van der Waals surface area contributed by atoms with E-state index in [9.17, 15) is 0 Å². The molecule has 1 unspecified atom stereocenters. The number of hydrogen-bond acceptors (Lipinski definition) is 3. The summed E-state index contributed by atoms with van der Waals surface area (Å²) in [6.45, 7) is 7.81. The SMILES string of the molecule is CCCNCc1ccccc1N1CCSCC1C. The molecule has 2 nitrogen and oxygen atoms in total. The summed E-state index contributed by atoms with van der Waals surface area (Å²) in [5, 5.41) is 3.51. The Hall–Kier alpha value is -0.670. The standard InChI is InChI=1S/C15H24N2S/c1-3-8-16-11-14-6-4-5-7-15(14)17-9-10-18-12-13(17)2/h4-7,13,16H,3,8-12H2,1-2H3. The summed E-state index contributed by atoms with van der Waals surface area (Å²) in [5.74, 6) is 2.50. The van der Waals surface area contributed by atoms with Gasteiger partial charge in [-0.25, -0.2) is 0 Å². The van der Waals surface area contributed by atoms with Crippen molar-refractivity contribution in [2.24, 2.45) is 0 Å². The molecule has 18 heavy (non-hydrogen) atoms. The lowest BCUT2D eigenvalue weighted by Gasteiger charge is -2.36. The van der Waals surface area contributed by atoms with E-state index in [4.69, 9.17) is 0 Å². The van der Waals surface area contributed by atoms with Crippen LogP contribution < -0.4 is 10.2 Å². The molecule has 1 aliphatic rings. The number of hydrogen-bond donors (Lipinski definition) is 1. The minimum atomic E-state index is 0.649. The molecule has 0 radical (unpaired) electrons. The topological polar surface area (TPSA) is 15.3 Å². The fourth-order valence-corrected chi connectivity index (χ4v) is 3.44. The summed E-state index contributed by atoms with van der Waals surface area (Å²) < 4.78 is 0. The molecule has 3 heteroatoms. The Morgan fingerprint density at radius 1 is 1.39 bits per heavy atom. The Morgan fingerprint density at radius 2 is 2.22 bits per heavy atom. The Morgan fingerprint density at radius 3 is 3.00 bits per heavy atom. The van der Waals surface area contributed by atoms with Gasteiger partial charge in [0.2, 0.25) is 0 Å². The summed E-state index contributed by atoms with van der Waals surface area (Å²) in [7, 11) is 0. The molecular weight excluding hydrogens is 240 g/mol. The summed E-state index contributed by atoms with van der Waals surface area (Å²) in [4.78, 5) is 2.57. The highest BCUT2D eigenvalue weighted by Crippen LogP contribution is 2.27. The largest absolute Gasteiger partial charge is 0.367 e. The zero-order valence-corrected chi connectivity index (χ0v) is 12.3. The van der Waals surface area contributed by atoms with Gasteiger partial charge in [-0.3, -0.25) is 0 Å². The molecule has 100 valence electrons. The van der Waals surface area contributed by atoms with Crippen molar-refractivity contribution in [3.8, 4) is 0 Å². The molecular formula is C15H24N2S. The molecule has 1 fully saturated rings. The van der Waals surface area contributed by atoms with Gasteiger partial charge in [-0.05, 0) is 31.5 Å². The van der Waals surface area contributed by atoms with Crippen molar-refractivity contribution in [2.45, 2.75) is 32.9 Å². The van der Waals surface area contributed by atoms with Gasteiger partial charge in [0.1, 0.15) is 0 Å². The predicted octanol–water partition coefficient (Wildman–Crippen LogP) is 3.13. The zero-order chi connectivity index (χ0) is 12.8. The van der Waals surface area contributed by atoms with Gasteiger partial charge in [-0.1, -0.05) is 25.1 Å². The summed E-state index contributed by atoms with van der Waals surface area (Å²) in [6.07, 6.45) is 1.19. The number of thioether (sulfide) groups is 1. The molecule has 1 saturated heterocycles. The normalized spacial score (nSPS) is 20.1. The summed E-state index contributed by atoms with van der Waals surface area (Å²) in [6, 6.07) is 9.49. The van der Waals surface area contributed by atoms with Crippen LogP contribution in [0, 0.1) is 0 Å². The molecule has 1 N–H and O–H groups in total. The smallest absolute Gasteiger partial charge is 0.0414 e. The van der Waals surface area contributed by atoms with Gasteiger partial charge in [-0.15, -0.1) is 0 Å². The van der Waals surface area contributed by atoms with Gasteiger partial charge in [-0.2, -0.15) is 11.8 Å². The summed E-state index contributed by atoms with van der Waals surface area (Å²) in [5.41, 5.74) is 2.86. The van der Waals surface area contributed by atoms with Crippen molar-refractivity contribution >= 4 is 17.4 Å². The zero-order valence-electron chi connectivity index (χ0n) is 11.5. The fourth-order valence-electron chi connectivity index (χ4n) is 2.43. The Kier molecular flexibility index (Phi) is 5.39. The maximum Gasteiger partial charge on any atom is 0.0414 e. The molecule has 1 atom stereocenters. The minimum absolute atomic E-state index is 0.649. The van der Waals surface area contributed by atoms with Crippen molar-refractivity contribution < 1.29 is 0 Å². The first-order chi connectivity index (χ1) is 8.83. The highest BCUT2D eigenvalue weighted by Gasteiger charge is 2.20. The van der Waals surface area contributed by atoms with E-state index < -0.39 is 0 Å². The number of benzene rings is 1. The lowest BCUT2D eigenvalue weighted by atomic mass is 10.1. The Bertz CT molecular complexity index is 367. The van der Waals surface area contributed by atoms with Gasteiger partial charge in [0.05, 0.1) is 0 Å². The average Bonchev–Trinajstić information content (AvgIpc) is 2.40. The van der Waals surface area contributed by atoms with Crippen molar-refractivity contribution in [1.29, 1.82) is 0 Å². The first-order valence-electron chi connectivity index (χ1n) is 6.96. The minimum Gasteiger partial charge on any atom is -0.367 e. The van der Waals surface area contributed by atoms with Crippen molar-refractivity contribution in [2.75, 3.05) is 29.5 Å². The molecule has 0 aliphatic carbocycles. The van der Waals surface area contributed by atoms with E-state index in [1.807, 2.05) is 0 Å². The monoisotopic (exact) mass is 264 g/mol. The highest BCUT2D eigenvalue weighted by atomic mass is 32.2. The maximum atomic E-state index is 3.51. The van der Waals surface area contributed by atoms with Crippen molar-refractivity contribution in [1.82, 2.24) is 5.32 Å². The van der Waals surface area contributed by atoms with E-state index in [1.54, 1.807) is 0 Å². The molecule has 1 aromatic rings. The van der Waals surface area contributed by atoms with Crippen LogP contribution in [0.4, 0.5) is 5.69 Å². The lowest BCUT2D eigenvalue weighted by Crippen LogP contribution is -2.41. The molecule has 1 heterocycles. The first-order valence-corrected chi connectivity index (χ1v) is 8.11. The van der Waals surface area contributed by atoms with Crippen LogP contribution in [0.3, 0.4) is 0 Å². The van der Waals surface area contributed by atoms with Crippen LogP contribution in [0.15, 0.2) is 24.3 Å². The Labute approximate surface area is 115 Å². The first kappa shape index (κ1) is 13.8. The van der Waals surface area contributed by atoms with Crippen molar-refractivity contribution in [3.05, 3.63) is 29.8 Å². The van der Waals surface area contributed by atoms with Crippen LogP contribution in [0.25, 0.3) is 0 Å². The molecule has 0 saturated carbocycles. The third-order valence-corrected chi connectivity index (χ3v) is 4.60. The van der Waals surface area contributed by atoms with Crippen molar-refractivity contribution in [3.63, 3.8) is 0 Å². The van der Waals surface area contributed by atoms with Crippen LogP contribution in [-0.4, -0.2) is 30.6 Å². The van der Waals surface area contributed by atoms with E-state index >= 15 is 0 Å². The number of rotatable bonds is 5. The molecule has 0 bridgehead atoms. The predicted molar refractivity (Wildman–Crippen MR) is 82.6 cm³/mol. The van der Waals surface area contributed by atoms with E-state index in [0.29, 0.717) is 6.04 Å². The lowest BCUT2D eigenvalue weighted by molar-refractivity contribution is 0.660. The van der Waals surface area contributed by atoms with Crippen LogP contribution in [0.2, 0.25) is 0 Å². The number of anilines is 1. The molecule has 0 aromatic heterocycles. The molecule has 1 aromatic carbocycles. The van der Waals surface area contributed by atoms with E-state index in [2.05, 4.69) is 60.1 Å². The molecule has 0 amide bonds. The van der Waals surface area contributed by atoms with Crippen LogP contribution >= 0.6 is 11.8 Å². The van der Waals surface area contributed by atoms with Gasteiger partial charge in [0, 0.05) is 36.3 Å². The van der Waals surface area contributed by atoms with Gasteiger partial charge >= 0.3 is 0 Å². The second-order valence-electron chi connectivity index (χ2n) is 4.92. The molecule has 1 aliphatic heterocycles. The maximum absolute atomic E-state index is 3.51. The number of nitrogens with one attached hydrogen (secondary N) is 1. The van der Waals surface area contributed by atoms with Crippen LogP contribution in [0.5, 0.6) is 0 Å². The summed E-state index contributed by atoms with van der Waals surface area (Å²) >= 11 is 2.07. The fraction of sp³-hybridized carbons (Fsp3) is 0.600. The Balaban J connectivity index is 2.10. The third kappa shape index (κ3) is 3.42. The second kappa shape index (κ2) is 7.05. The van der Waals surface area contributed by atoms with Gasteiger partial charge in [0.15, 0.2) is 0 Å². The van der Waals surface area contributed by atoms with E-state index in [-0.39, 0.29) is 0 Å². The number of nitrogens with zero attached hydrogens (tertiary/aromatic N) is 1. The number of para-hydroxylation sites is 1. The van der Waals surface area contributed by atoms with Gasteiger partial charge in [0.25, 0.3) is 0 Å². The van der Waals surface area contributed by atoms with E-state index in [0.717, 1.165) is 13.1 Å².